The van der Waals surface area contributed by atoms with Gasteiger partial charge in [-0.05, 0) is 25.1 Å². The van der Waals surface area contributed by atoms with Crippen molar-refractivity contribution in [2.75, 3.05) is 0 Å². The van der Waals surface area contributed by atoms with Gasteiger partial charge in [-0.3, -0.25) is 4.40 Å². The van der Waals surface area contributed by atoms with Crippen LogP contribution in [0.4, 0.5) is 0 Å². The molecule has 0 fully saturated rings. The Morgan fingerprint density at radius 2 is 1.64 bits per heavy atom. The Kier molecular flexibility index (Phi) is 3.91. The summed E-state index contributed by atoms with van der Waals surface area (Å²) in [6.45, 7) is 1.93. The third-order valence-electron chi connectivity index (χ3n) is 4.01. The first-order valence-corrected chi connectivity index (χ1v) is 8.86. The molecule has 0 radical (unpaired) electrons. The molecular formula is C19H15N3O2S. The van der Waals surface area contributed by atoms with Gasteiger partial charge in [-0.25, -0.2) is 14.2 Å². The highest BCUT2D eigenvalue weighted by atomic mass is 32.2. The maximum atomic E-state index is 11.2. The molecule has 0 bridgehead atoms. The summed E-state index contributed by atoms with van der Waals surface area (Å²) in [5.41, 5.74) is 4.54. The minimum Gasteiger partial charge on any atom is -0.302 e. The van der Waals surface area contributed by atoms with E-state index >= 15 is 0 Å². The van der Waals surface area contributed by atoms with Gasteiger partial charge >= 0.3 is 0 Å². The van der Waals surface area contributed by atoms with Crippen LogP contribution in [0.25, 0.3) is 28.3 Å². The Hall–Kier alpha value is -2.83. The molecule has 124 valence electrons. The van der Waals surface area contributed by atoms with Gasteiger partial charge in [-0.15, -0.1) is 0 Å². The number of nitrogens with zero attached hydrogens (tertiary/aromatic N) is 3. The molecule has 6 heteroatoms. The van der Waals surface area contributed by atoms with E-state index in [0.29, 0.717) is 10.7 Å². The average molecular weight is 349 g/mol. The normalized spacial score (nSPS) is 12.4. The molecule has 0 aliphatic heterocycles. The van der Waals surface area contributed by atoms with Crippen LogP contribution < -0.4 is 0 Å². The smallest absolute Gasteiger partial charge is 0.235 e. The Morgan fingerprint density at radius 3 is 2.32 bits per heavy atom. The van der Waals surface area contributed by atoms with Gasteiger partial charge in [-0.1, -0.05) is 42.5 Å². The number of rotatable bonds is 3. The van der Waals surface area contributed by atoms with E-state index in [4.69, 9.17) is 4.98 Å². The summed E-state index contributed by atoms with van der Waals surface area (Å²) >= 11 is -1.99. The quantitative estimate of drug-likeness (QED) is 0.569. The van der Waals surface area contributed by atoms with Gasteiger partial charge < -0.3 is 4.55 Å². The lowest BCUT2D eigenvalue weighted by Crippen LogP contribution is -1.92. The van der Waals surface area contributed by atoms with E-state index in [0.717, 1.165) is 28.2 Å². The first-order valence-electron chi connectivity index (χ1n) is 7.76. The Labute approximate surface area is 147 Å². The molecule has 1 atom stereocenters. The van der Waals surface area contributed by atoms with Crippen molar-refractivity contribution in [3.8, 4) is 22.5 Å². The number of hydrogen-bond acceptors (Lipinski definition) is 3. The highest BCUT2D eigenvalue weighted by molar-refractivity contribution is 7.79. The average Bonchev–Trinajstić information content (AvgIpc) is 3.01. The molecule has 0 amide bonds. The summed E-state index contributed by atoms with van der Waals surface area (Å²) in [7, 11) is 0. The van der Waals surface area contributed by atoms with Gasteiger partial charge in [0.2, 0.25) is 5.78 Å². The van der Waals surface area contributed by atoms with Crippen LogP contribution in [0.1, 0.15) is 5.69 Å². The predicted octanol–water partition coefficient (Wildman–Crippen LogP) is 3.95. The number of aromatic nitrogens is 3. The first kappa shape index (κ1) is 15.7. The van der Waals surface area contributed by atoms with Gasteiger partial charge in [0.1, 0.15) is 0 Å². The molecule has 4 aromatic rings. The SMILES string of the molecule is Cc1ccn2c(-c3ccccc3)c(-c3ccc(S(=O)O)cc3)nc2n1. The molecule has 2 heterocycles. The Morgan fingerprint density at radius 1 is 0.920 bits per heavy atom. The van der Waals surface area contributed by atoms with Crippen LogP contribution in [0.3, 0.4) is 0 Å². The number of imidazole rings is 1. The minimum atomic E-state index is -1.99. The van der Waals surface area contributed by atoms with Gasteiger partial charge in [0, 0.05) is 23.0 Å². The van der Waals surface area contributed by atoms with E-state index in [1.807, 2.05) is 66.1 Å². The Balaban J connectivity index is 1.98. The van der Waals surface area contributed by atoms with Crippen molar-refractivity contribution < 1.29 is 8.76 Å². The summed E-state index contributed by atoms with van der Waals surface area (Å²) in [5, 5.41) is 0. The molecule has 0 saturated carbocycles. The fraction of sp³-hybridized carbons (Fsp3) is 0.0526. The molecule has 25 heavy (non-hydrogen) atoms. The molecule has 4 rings (SSSR count). The van der Waals surface area contributed by atoms with Crippen LogP contribution >= 0.6 is 0 Å². The monoisotopic (exact) mass is 349 g/mol. The second-order valence-electron chi connectivity index (χ2n) is 5.69. The number of aryl methyl sites for hydroxylation is 1. The fourth-order valence-electron chi connectivity index (χ4n) is 2.82. The van der Waals surface area contributed by atoms with Crippen molar-refractivity contribution in [1.82, 2.24) is 14.4 Å². The van der Waals surface area contributed by atoms with E-state index in [1.165, 1.54) is 0 Å². The zero-order valence-electron chi connectivity index (χ0n) is 13.5. The highest BCUT2D eigenvalue weighted by Gasteiger charge is 2.17. The standard InChI is InChI=1S/C19H15N3O2S/c1-13-11-12-22-18(15-5-3-2-4-6-15)17(21-19(22)20-13)14-7-9-16(10-8-14)25(23)24/h2-12H,1H3,(H,23,24). The molecule has 2 aromatic carbocycles. The minimum absolute atomic E-state index is 0.364. The molecule has 0 spiro atoms. The topological polar surface area (TPSA) is 67.5 Å². The molecular weight excluding hydrogens is 334 g/mol. The molecule has 5 nitrogen and oxygen atoms in total. The fourth-order valence-corrected chi connectivity index (χ4v) is 3.19. The van der Waals surface area contributed by atoms with Gasteiger partial charge in [0.05, 0.1) is 16.3 Å². The van der Waals surface area contributed by atoms with Crippen molar-refractivity contribution in [3.63, 3.8) is 0 Å². The predicted molar refractivity (Wildman–Crippen MR) is 97.6 cm³/mol. The van der Waals surface area contributed by atoms with Crippen LogP contribution in [0, 0.1) is 6.92 Å². The third-order valence-corrected chi connectivity index (χ3v) is 4.69. The summed E-state index contributed by atoms with van der Waals surface area (Å²) in [4.78, 5) is 9.59. The van der Waals surface area contributed by atoms with E-state index < -0.39 is 11.1 Å². The maximum Gasteiger partial charge on any atom is 0.235 e. The van der Waals surface area contributed by atoms with Crippen molar-refractivity contribution in [2.24, 2.45) is 0 Å². The van der Waals surface area contributed by atoms with Gasteiger partial charge in [-0.2, -0.15) is 0 Å². The largest absolute Gasteiger partial charge is 0.302 e. The number of hydrogen-bond donors (Lipinski definition) is 1. The summed E-state index contributed by atoms with van der Waals surface area (Å²) in [6.07, 6.45) is 1.97. The maximum absolute atomic E-state index is 11.2. The molecule has 1 N–H and O–H groups in total. The van der Waals surface area contributed by atoms with Crippen LogP contribution in [0.15, 0.2) is 71.8 Å². The summed E-state index contributed by atoms with van der Waals surface area (Å²) in [6, 6.07) is 18.9. The molecule has 0 aliphatic carbocycles. The van der Waals surface area contributed by atoms with Crippen molar-refractivity contribution in [1.29, 1.82) is 0 Å². The lowest BCUT2D eigenvalue weighted by molar-refractivity contribution is 0.564. The van der Waals surface area contributed by atoms with E-state index in [1.54, 1.807) is 12.1 Å². The van der Waals surface area contributed by atoms with Crippen LogP contribution in [0.2, 0.25) is 0 Å². The van der Waals surface area contributed by atoms with Crippen molar-refractivity contribution in [3.05, 3.63) is 72.6 Å². The second kappa shape index (κ2) is 6.23. The van der Waals surface area contributed by atoms with Crippen molar-refractivity contribution >= 4 is 16.9 Å². The molecule has 2 aromatic heterocycles. The van der Waals surface area contributed by atoms with Crippen molar-refractivity contribution in [2.45, 2.75) is 11.8 Å². The zero-order chi connectivity index (χ0) is 17.4. The first-order chi connectivity index (χ1) is 12.1. The van der Waals surface area contributed by atoms with Crippen LogP contribution in [-0.2, 0) is 11.1 Å². The van der Waals surface area contributed by atoms with Gasteiger partial charge in [0.15, 0.2) is 11.1 Å². The lowest BCUT2D eigenvalue weighted by atomic mass is 10.1. The van der Waals surface area contributed by atoms with E-state index in [9.17, 15) is 8.76 Å². The lowest BCUT2D eigenvalue weighted by Gasteiger charge is -2.06. The van der Waals surface area contributed by atoms with Crippen LogP contribution in [-0.4, -0.2) is 23.1 Å². The van der Waals surface area contributed by atoms with Crippen LogP contribution in [0.5, 0.6) is 0 Å². The van der Waals surface area contributed by atoms with Gasteiger partial charge in [0.25, 0.3) is 0 Å². The molecule has 0 saturated heterocycles. The second-order valence-corrected chi connectivity index (χ2v) is 6.66. The highest BCUT2D eigenvalue weighted by Crippen LogP contribution is 2.32. The summed E-state index contributed by atoms with van der Waals surface area (Å²) < 4.78 is 22.4. The Bertz CT molecular complexity index is 1070. The summed E-state index contributed by atoms with van der Waals surface area (Å²) in [5.74, 6) is 0.628. The van der Waals surface area contributed by atoms with E-state index in [2.05, 4.69) is 4.98 Å². The number of fused-ring (bicyclic) bond motifs is 1. The third kappa shape index (κ3) is 2.86. The van der Waals surface area contributed by atoms with E-state index in [-0.39, 0.29) is 0 Å². The molecule has 1 unspecified atom stereocenters. The molecule has 0 aliphatic rings. The number of benzene rings is 2. The zero-order valence-corrected chi connectivity index (χ0v) is 14.3.